The Balaban J connectivity index is 3.38. The fraction of sp³-hybridized carbons (Fsp3) is 0.909. The molecular formula is C11H22O3. The molecule has 0 aliphatic rings. The van der Waals surface area contributed by atoms with E-state index in [1.165, 1.54) is 0 Å². The Labute approximate surface area is 86.8 Å². The lowest BCUT2D eigenvalue weighted by atomic mass is 9.91. The maximum absolute atomic E-state index is 11.2. The van der Waals surface area contributed by atoms with E-state index in [0.29, 0.717) is 26.2 Å². The summed E-state index contributed by atoms with van der Waals surface area (Å²) in [6.45, 7) is 9.79. The van der Waals surface area contributed by atoms with Crippen LogP contribution in [0.25, 0.3) is 0 Å². The number of rotatable bonds is 6. The Morgan fingerprint density at radius 1 is 1.21 bits per heavy atom. The van der Waals surface area contributed by atoms with Gasteiger partial charge in [0, 0.05) is 13.0 Å². The van der Waals surface area contributed by atoms with Crippen molar-refractivity contribution in [2.75, 3.05) is 19.8 Å². The summed E-state index contributed by atoms with van der Waals surface area (Å²) >= 11 is 0. The van der Waals surface area contributed by atoms with E-state index in [0.717, 1.165) is 6.42 Å². The molecule has 0 N–H and O–H groups in total. The Kier molecular flexibility index (Phi) is 6.54. The molecule has 0 rings (SSSR count). The number of hydrogen-bond acceptors (Lipinski definition) is 3. The van der Waals surface area contributed by atoms with Crippen LogP contribution in [0.2, 0.25) is 0 Å². The second-order valence-electron chi connectivity index (χ2n) is 4.48. The number of hydrogen-bond donors (Lipinski definition) is 0. The molecule has 0 amide bonds. The second-order valence-corrected chi connectivity index (χ2v) is 4.48. The maximum Gasteiger partial charge on any atom is 0.305 e. The first-order valence-electron chi connectivity index (χ1n) is 5.19. The molecule has 14 heavy (non-hydrogen) atoms. The minimum absolute atomic E-state index is 0.125. The number of ether oxygens (including phenoxy) is 2. The van der Waals surface area contributed by atoms with E-state index in [2.05, 4.69) is 20.8 Å². The summed E-state index contributed by atoms with van der Waals surface area (Å²) < 4.78 is 10.0. The van der Waals surface area contributed by atoms with Crippen LogP contribution in [-0.4, -0.2) is 25.8 Å². The number of carbonyl (C=O) groups excluding carboxylic acids is 1. The van der Waals surface area contributed by atoms with Crippen molar-refractivity contribution in [2.45, 2.75) is 40.5 Å². The van der Waals surface area contributed by atoms with Crippen molar-refractivity contribution < 1.29 is 14.3 Å². The molecule has 0 atom stereocenters. The summed E-state index contributed by atoms with van der Waals surface area (Å²) in [6.07, 6.45) is 1.36. The highest BCUT2D eigenvalue weighted by Crippen LogP contribution is 2.20. The Bertz CT molecular complexity index is 158. The first kappa shape index (κ1) is 13.4. The van der Waals surface area contributed by atoms with Crippen LogP contribution < -0.4 is 0 Å². The van der Waals surface area contributed by atoms with E-state index >= 15 is 0 Å². The van der Waals surface area contributed by atoms with Crippen molar-refractivity contribution in [1.29, 1.82) is 0 Å². The molecular weight excluding hydrogens is 180 g/mol. The second kappa shape index (κ2) is 6.82. The van der Waals surface area contributed by atoms with Gasteiger partial charge in [-0.1, -0.05) is 20.8 Å². The first-order chi connectivity index (χ1) is 6.45. The van der Waals surface area contributed by atoms with E-state index in [4.69, 9.17) is 9.47 Å². The van der Waals surface area contributed by atoms with Crippen LogP contribution in [0.5, 0.6) is 0 Å². The third kappa shape index (κ3) is 9.52. The molecule has 0 spiro atoms. The van der Waals surface area contributed by atoms with Crippen molar-refractivity contribution in [3.05, 3.63) is 0 Å². The van der Waals surface area contributed by atoms with Gasteiger partial charge >= 0.3 is 5.97 Å². The highest BCUT2D eigenvalue weighted by Gasteiger charge is 2.13. The molecule has 0 aliphatic heterocycles. The van der Waals surface area contributed by atoms with Gasteiger partial charge in [0.15, 0.2) is 0 Å². The lowest BCUT2D eigenvalue weighted by Gasteiger charge is -2.16. The minimum Gasteiger partial charge on any atom is -0.463 e. The molecule has 3 heteroatoms. The molecule has 0 aromatic heterocycles. The van der Waals surface area contributed by atoms with Crippen molar-refractivity contribution in [3.8, 4) is 0 Å². The summed E-state index contributed by atoms with van der Waals surface area (Å²) in [4.78, 5) is 11.2. The molecule has 0 saturated carbocycles. The molecule has 0 fully saturated rings. The van der Waals surface area contributed by atoms with Gasteiger partial charge in [0.1, 0.15) is 6.61 Å². The molecule has 0 unspecified atom stereocenters. The summed E-state index contributed by atoms with van der Waals surface area (Å²) in [7, 11) is 0. The number of carbonyl (C=O) groups is 1. The lowest BCUT2D eigenvalue weighted by Crippen LogP contribution is -2.13. The van der Waals surface area contributed by atoms with E-state index in [1.54, 1.807) is 0 Å². The minimum atomic E-state index is -0.125. The van der Waals surface area contributed by atoms with Gasteiger partial charge in [0.25, 0.3) is 0 Å². The van der Waals surface area contributed by atoms with E-state index in [1.807, 2.05) is 6.92 Å². The fourth-order valence-electron chi connectivity index (χ4n) is 0.908. The smallest absolute Gasteiger partial charge is 0.305 e. The summed E-state index contributed by atoms with van der Waals surface area (Å²) in [5.41, 5.74) is 0.193. The Hall–Kier alpha value is -0.570. The number of esters is 1. The normalized spacial score (nSPS) is 11.4. The van der Waals surface area contributed by atoms with Gasteiger partial charge in [-0.25, -0.2) is 0 Å². The highest BCUT2D eigenvalue weighted by molar-refractivity contribution is 5.69. The van der Waals surface area contributed by atoms with Gasteiger partial charge in [-0.05, 0) is 18.8 Å². The fourth-order valence-corrected chi connectivity index (χ4v) is 0.908. The molecule has 0 bridgehead atoms. The van der Waals surface area contributed by atoms with Crippen molar-refractivity contribution in [3.63, 3.8) is 0 Å². The summed E-state index contributed by atoms with van der Waals surface area (Å²) in [6, 6.07) is 0. The molecule has 0 saturated heterocycles. The monoisotopic (exact) mass is 202 g/mol. The molecule has 3 nitrogen and oxygen atoms in total. The van der Waals surface area contributed by atoms with Crippen molar-refractivity contribution in [2.24, 2.45) is 5.41 Å². The SMILES string of the molecule is CCOCCOC(=O)CCC(C)(C)C. The van der Waals surface area contributed by atoms with Crippen molar-refractivity contribution in [1.82, 2.24) is 0 Å². The van der Waals surface area contributed by atoms with Gasteiger partial charge in [-0.15, -0.1) is 0 Å². The third-order valence-electron chi connectivity index (χ3n) is 1.77. The average Bonchev–Trinajstić information content (AvgIpc) is 2.08. The molecule has 0 radical (unpaired) electrons. The lowest BCUT2D eigenvalue weighted by molar-refractivity contribution is -0.145. The molecule has 84 valence electrons. The first-order valence-corrected chi connectivity index (χ1v) is 5.19. The summed E-state index contributed by atoms with van der Waals surface area (Å²) in [5.74, 6) is -0.125. The quantitative estimate of drug-likeness (QED) is 0.490. The van der Waals surface area contributed by atoms with Crippen LogP contribution in [0.3, 0.4) is 0 Å². The van der Waals surface area contributed by atoms with Gasteiger partial charge in [0.05, 0.1) is 6.61 Å². The third-order valence-corrected chi connectivity index (χ3v) is 1.77. The van der Waals surface area contributed by atoms with Crippen molar-refractivity contribution >= 4 is 5.97 Å². The zero-order chi connectivity index (χ0) is 11.0. The topological polar surface area (TPSA) is 35.5 Å². The van der Waals surface area contributed by atoms with Gasteiger partial charge < -0.3 is 9.47 Å². The summed E-state index contributed by atoms with van der Waals surface area (Å²) in [5, 5.41) is 0. The van der Waals surface area contributed by atoms with Gasteiger partial charge in [0.2, 0.25) is 0 Å². The van der Waals surface area contributed by atoms with Crippen LogP contribution in [0.1, 0.15) is 40.5 Å². The van der Waals surface area contributed by atoms with Crippen LogP contribution in [0.4, 0.5) is 0 Å². The zero-order valence-electron chi connectivity index (χ0n) is 9.76. The standard InChI is InChI=1S/C11H22O3/c1-5-13-8-9-14-10(12)6-7-11(2,3)4/h5-9H2,1-4H3. The average molecular weight is 202 g/mol. The molecule has 0 aromatic carbocycles. The zero-order valence-corrected chi connectivity index (χ0v) is 9.76. The van der Waals surface area contributed by atoms with Crippen LogP contribution >= 0.6 is 0 Å². The largest absolute Gasteiger partial charge is 0.463 e. The van der Waals surface area contributed by atoms with Crippen LogP contribution in [0.15, 0.2) is 0 Å². The van der Waals surface area contributed by atoms with E-state index in [9.17, 15) is 4.79 Å². The Morgan fingerprint density at radius 2 is 1.86 bits per heavy atom. The maximum atomic E-state index is 11.2. The van der Waals surface area contributed by atoms with Crippen LogP contribution in [-0.2, 0) is 14.3 Å². The molecule has 0 aliphatic carbocycles. The highest BCUT2D eigenvalue weighted by atomic mass is 16.6. The van der Waals surface area contributed by atoms with E-state index < -0.39 is 0 Å². The van der Waals surface area contributed by atoms with Gasteiger partial charge in [-0.3, -0.25) is 4.79 Å². The van der Waals surface area contributed by atoms with E-state index in [-0.39, 0.29) is 11.4 Å². The Morgan fingerprint density at radius 3 is 2.36 bits per heavy atom. The molecule has 0 heterocycles. The van der Waals surface area contributed by atoms with Gasteiger partial charge in [-0.2, -0.15) is 0 Å². The van der Waals surface area contributed by atoms with Crippen LogP contribution in [0, 0.1) is 5.41 Å². The predicted octanol–water partition coefficient (Wildman–Crippen LogP) is 2.39. The molecule has 0 aromatic rings. The predicted molar refractivity (Wildman–Crippen MR) is 56.1 cm³/mol.